The fraction of sp³-hybridized carbons (Fsp3) is 0.429. The molecule has 0 spiro atoms. The summed E-state index contributed by atoms with van der Waals surface area (Å²) in [6.07, 6.45) is 0. The number of carboxylic acid groups (broad SMARTS) is 1. The van der Waals surface area contributed by atoms with Crippen LogP contribution in [0.25, 0.3) is 0 Å². The lowest BCUT2D eigenvalue weighted by Gasteiger charge is -2.14. The molecule has 0 aliphatic carbocycles. The van der Waals surface area contributed by atoms with E-state index in [9.17, 15) is 9.59 Å². The molecule has 0 heterocycles. The quantitative estimate of drug-likeness (QED) is 0.769. The zero-order chi connectivity index (χ0) is 10.4. The Bertz CT molecular complexity index is 230. The van der Waals surface area contributed by atoms with E-state index in [1.165, 1.54) is 7.05 Å². The normalized spacial score (nSPS) is 9.08. The molecule has 5 nitrogen and oxygen atoms in total. The fourth-order valence-corrected chi connectivity index (χ4v) is 0.721. The van der Waals surface area contributed by atoms with Gasteiger partial charge in [0.2, 0.25) is 0 Å². The predicted molar refractivity (Wildman–Crippen MR) is 51.7 cm³/mol. The van der Waals surface area contributed by atoms with Crippen molar-refractivity contribution in [2.45, 2.75) is 0 Å². The number of carbonyl (C=O) groups excluding carboxylic acids is 1. The molecule has 13 heavy (non-hydrogen) atoms. The van der Waals surface area contributed by atoms with E-state index in [0.717, 1.165) is 4.90 Å². The highest BCUT2D eigenvalue weighted by atomic mass is 79.9. The molecular weight excluding hydrogens is 240 g/mol. The summed E-state index contributed by atoms with van der Waals surface area (Å²) in [5, 5.41) is 10.8. The van der Waals surface area contributed by atoms with E-state index < -0.39 is 12.0 Å². The second kappa shape index (κ2) is 5.58. The second-order valence-corrected chi connectivity index (χ2v) is 3.55. The molecule has 0 unspecified atom stereocenters. The number of nitrogens with one attached hydrogen (secondary N) is 1. The van der Waals surface area contributed by atoms with Gasteiger partial charge < -0.3 is 15.3 Å². The van der Waals surface area contributed by atoms with Gasteiger partial charge in [-0.1, -0.05) is 22.5 Å². The van der Waals surface area contributed by atoms with E-state index in [1.54, 1.807) is 0 Å². The van der Waals surface area contributed by atoms with Gasteiger partial charge in [-0.05, 0) is 0 Å². The lowest BCUT2D eigenvalue weighted by atomic mass is 10.5. The van der Waals surface area contributed by atoms with E-state index in [4.69, 9.17) is 5.11 Å². The minimum Gasteiger partial charge on any atom is -0.480 e. The summed E-state index contributed by atoms with van der Waals surface area (Å²) in [6, 6.07) is -0.442. The van der Waals surface area contributed by atoms with Crippen LogP contribution in [0, 0.1) is 0 Å². The van der Waals surface area contributed by atoms with Gasteiger partial charge >= 0.3 is 12.0 Å². The first-order valence-corrected chi connectivity index (χ1v) is 4.27. The van der Waals surface area contributed by atoms with Crippen molar-refractivity contribution < 1.29 is 14.7 Å². The molecule has 0 aliphatic rings. The number of hydrogen-bond donors (Lipinski definition) is 2. The van der Waals surface area contributed by atoms with Crippen LogP contribution in [0.4, 0.5) is 4.79 Å². The van der Waals surface area contributed by atoms with Gasteiger partial charge in [-0.2, -0.15) is 0 Å². The number of carboxylic acids is 1. The molecule has 2 amide bonds. The summed E-state index contributed by atoms with van der Waals surface area (Å²) >= 11 is 3.06. The third-order valence-electron chi connectivity index (χ3n) is 1.15. The molecule has 0 radical (unpaired) electrons. The minimum absolute atomic E-state index is 0.281. The maximum absolute atomic E-state index is 11.1. The zero-order valence-corrected chi connectivity index (χ0v) is 8.80. The highest BCUT2D eigenvalue weighted by molar-refractivity contribution is 9.11. The summed E-state index contributed by atoms with van der Waals surface area (Å²) in [7, 11) is 1.40. The van der Waals surface area contributed by atoms with Crippen LogP contribution in [0.1, 0.15) is 0 Å². The fourth-order valence-electron chi connectivity index (χ4n) is 0.581. The van der Waals surface area contributed by atoms with E-state index in [0.29, 0.717) is 4.48 Å². The van der Waals surface area contributed by atoms with Crippen LogP contribution in [0.15, 0.2) is 11.1 Å². The van der Waals surface area contributed by atoms with Crippen molar-refractivity contribution in [3.8, 4) is 0 Å². The Morgan fingerprint density at radius 2 is 2.15 bits per heavy atom. The average Bonchev–Trinajstić information content (AvgIpc) is 1.98. The van der Waals surface area contributed by atoms with Gasteiger partial charge in [-0.15, -0.1) is 0 Å². The van der Waals surface area contributed by atoms with Crippen LogP contribution in [0.2, 0.25) is 0 Å². The molecule has 0 aliphatic heterocycles. The second-order valence-electron chi connectivity index (χ2n) is 2.43. The topological polar surface area (TPSA) is 69.6 Å². The number of nitrogens with zero attached hydrogens (tertiary/aromatic N) is 1. The van der Waals surface area contributed by atoms with Crippen molar-refractivity contribution in [2.75, 3.05) is 20.1 Å². The van der Waals surface area contributed by atoms with Crippen molar-refractivity contribution >= 4 is 27.9 Å². The Labute approximate surface area is 84.5 Å². The number of aliphatic carboxylic acids is 1. The lowest BCUT2D eigenvalue weighted by molar-refractivity contribution is -0.137. The van der Waals surface area contributed by atoms with Gasteiger partial charge in [-0.3, -0.25) is 4.79 Å². The van der Waals surface area contributed by atoms with Gasteiger partial charge in [0.1, 0.15) is 6.54 Å². The molecule has 0 fully saturated rings. The Hall–Kier alpha value is -1.04. The number of amides is 2. The van der Waals surface area contributed by atoms with Crippen molar-refractivity contribution in [3.63, 3.8) is 0 Å². The standard InChI is InChI=1S/C7H11BrN2O3/c1-5(8)3-9-7(13)10(2)4-6(11)12/h1,3-4H2,2H3,(H,9,13)(H,11,12). The number of halogens is 1. The highest BCUT2D eigenvalue weighted by Gasteiger charge is 2.10. The van der Waals surface area contributed by atoms with E-state index >= 15 is 0 Å². The summed E-state index contributed by atoms with van der Waals surface area (Å²) in [6.45, 7) is 3.48. The van der Waals surface area contributed by atoms with Crippen molar-refractivity contribution in [1.82, 2.24) is 10.2 Å². The molecule has 0 saturated heterocycles. The molecule has 2 N–H and O–H groups in total. The van der Waals surface area contributed by atoms with Crippen LogP contribution in [0.3, 0.4) is 0 Å². The molecule has 0 rings (SSSR count). The van der Waals surface area contributed by atoms with Crippen LogP contribution in [-0.2, 0) is 4.79 Å². The van der Waals surface area contributed by atoms with Crippen LogP contribution >= 0.6 is 15.9 Å². The van der Waals surface area contributed by atoms with Crippen LogP contribution < -0.4 is 5.32 Å². The maximum atomic E-state index is 11.1. The summed E-state index contributed by atoms with van der Waals surface area (Å²) in [4.78, 5) is 22.3. The number of hydrogen-bond acceptors (Lipinski definition) is 2. The molecule has 0 atom stereocenters. The number of carbonyl (C=O) groups is 2. The predicted octanol–water partition coefficient (Wildman–Crippen LogP) is 0.621. The summed E-state index contributed by atoms with van der Waals surface area (Å²) in [5.74, 6) is -1.05. The van der Waals surface area contributed by atoms with Gasteiger partial charge in [0, 0.05) is 11.5 Å². The molecule has 0 aromatic carbocycles. The van der Waals surface area contributed by atoms with Gasteiger partial charge in [0.15, 0.2) is 0 Å². The molecule has 74 valence electrons. The van der Waals surface area contributed by atoms with Gasteiger partial charge in [-0.25, -0.2) is 4.79 Å². The molecule has 0 bridgehead atoms. The summed E-state index contributed by atoms with van der Waals surface area (Å²) < 4.78 is 0.629. The number of urea groups is 1. The average molecular weight is 251 g/mol. The minimum atomic E-state index is -1.05. The lowest BCUT2D eigenvalue weighted by Crippen LogP contribution is -2.40. The third kappa shape index (κ3) is 6.15. The van der Waals surface area contributed by atoms with Crippen LogP contribution in [-0.4, -0.2) is 42.1 Å². The first kappa shape index (κ1) is 12.0. The molecular formula is C7H11BrN2O3. The molecule has 0 saturated carbocycles. The van der Waals surface area contributed by atoms with E-state index in [1.807, 2.05) is 0 Å². The van der Waals surface area contributed by atoms with Gasteiger partial charge in [0.25, 0.3) is 0 Å². The van der Waals surface area contributed by atoms with Crippen molar-refractivity contribution in [1.29, 1.82) is 0 Å². The van der Waals surface area contributed by atoms with Crippen molar-refractivity contribution in [3.05, 3.63) is 11.1 Å². The summed E-state index contributed by atoms with van der Waals surface area (Å²) in [5.41, 5.74) is 0. The monoisotopic (exact) mass is 250 g/mol. The SMILES string of the molecule is C=C(Br)CNC(=O)N(C)CC(=O)O. The van der Waals surface area contributed by atoms with E-state index in [-0.39, 0.29) is 13.1 Å². The number of likely N-dealkylation sites (N-methyl/N-ethyl adjacent to an activating group) is 1. The Balaban J connectivity index is 3.82. The van der Waals surface area contributed by atoms with Crippen molar-refractivity contribution in [2.24, 2.45) is 0 Å². The highest BCUT2D eigenvalue weighted by Crippen LogP contribution is 1.97. The van der Waals surface area contributed by atoms with Crippen LogP contribution in [0.5, 0.6) is 0 Å². The zero-order valence-electron chi connectivity index (χ0n) is 7.21. The first-order chi connectivity index (χ1) is 5.93. The largest absolute Gasteiger partial charge is 0.480 e. The smallest absolute Gasteiger partial charge is 0.323 e. The Kier molecular flexibility index (Phi) is 5.13. The maximum Gasteiger partial charge on any atom is 0.323 e. The molecule has 0 aromatic rings. The van der Waals surface area contributed by atoms with Gasteiger partial charge in [0.05, 0.1) is 6.54 Å². The third-order valence-corrected chi connectivity index (χ3v) is 1.43. The Morgan fingerprint density at radius 3 is 2.54 bits per heavy atom. The molecule has 0 aromatic heterocycles. The van der Waals surface area contributed by atoms with E-state index in [2.05, 4.69) is 27.8 Å². The Morgan fingerprint density at radius 1 is 1.62 bits per heavy atom. The first-order valence-electron chi connectivity index (χ1n) is 3.47. The number of rotatable bonds is 4. The molecule has 6 heteroatoms.